The van der Waals surface area contributed by atoms with Gasteiger partial charge >= 0.3 is 0 Å². The Morgan fingerprint density at radius 3 is 1.39 bits per heavy atom. The van der Waals surface area contributed by atoms with E-state index >= 15 is 0 Å². The van der Waals surface area contributed by atoms with Gasteiger partial charge in [0.05, 0.1) is 0 Å². The molecule has 0 bridgehead atoms. The fourth-order valence-electron chi connectivity index (χ4n) is 1.14. The molecule has 0 saturated carbocycles. The van der Waals surface area contributed by atoms with Crippen LogP contribution in [0.15, 0.2) is 12.2 Å². The molecule has 0 saturated heterocycles. The lowest BCUT2D eigenvalue weighted by Gasteiger charge is -1.94. The average molecular weight is 248 g/mol. The molecule has 0 spiro atoms. The fraction of sp³-hybridized carbons (Fsp3) is 0. The predicted molar refractivity (Wildman–Crippen MR) is 67.2 cm³/mol. The molecule has 8 N–H and O–H groups in total. The van der Waals surface area contributed by atoms with Crippen molar-refractivity contribution in [2.24, 2.45) is 0 Å². The molecule has 2 rings (SSSR count). The Morgan fingerprint density at radius 1 is 0.722 bits per heavy atom. The smallest absolute Gasteiger partial charge is 0.241 e. The molecule has 0 aromatic carbocycles. The van der Waals surface area contributed by atoms with Crippen LogP contribution in [0, 0.1) is 0 Å². The minimum absolute atomic E-state index is 0.133. The highest BCUT2D eigenvalue weighted by Crippen LogP contribution is 2.02. The second-order valence-corrected chi connectivity index (χ2v) is 3.29. The van der Waals surface area contributed by atoms with Gasteiger partial charge in [0.25, 0.3) is 0 Å². The predicted octanol–water partition coefficient (Wildman–Crippen LogP) is -1.81. The highest BCUT2D eigenvalue weighted by atomic mass is 15.4. The number of rotatable bonds is 3. The maximum absolute atomic E-state index is 5.55. The summed E-state index contributed by atoms with van der Waals surface area (Å²) in [5, 5.41) is 14.7. The van der Waals surface area contributed by atoms with Crippen molar-refractivity contribution in [3.05, 3.63) is 23.8 Å². The summed E-state index contributed by atoms with van der Waals surface area (Å²) in [4.78, 5) is 0. The van der Waals surface area contributed by atoms with E-state index in [-0.39, 0.29) is 11.9 Å². The second kappa shape index (κ2) is 4.45. The van der Waals surface area contributed by atoms with E-state index in [0.717, 1.165) is 9.35 Å². The molecular formula is C8H12N10. The first-order chi connectivity index (χ1) is 8.59. The molecule has 0 aliphatic carbocycles. The van der Waals surface area contributed by atoms with E-state index < -0.39 is 0 Å². The summed E-state index contributed by atoms with van der Waals surface area (Å²) in [6, 6.07) is 0. The van der Waals surface area contributed by atoms with Crippen LogP contribution in [0.5, 0.6) is 0 Å². The van der Waals surface area contributed by atoms with Crippen molar-refractivity contribution < 1.29 is 0 Å². The molecule has 10 heteroatoms. The van der Waals surface area contributed by atoms with Crippen LogP contribution in [-0.2, 0) is 0 Å². The number of anilines is 2. The minimum Gasteiger partial charge on any atom is -0.366 e. The van der Waals surface area contributed by atoms with E-state index in [1.165, 1.54) is 0 Å². The van der Waals surface area contributed by atoms with Gasteiger partial charge in [0, 0.05) is 0 Å². The average Bonchev–Trinajstić information content (AvgIpc) is 2.83. The molecule has 0 amide bonds. The van der Waals surface area contributed by atoms with Crippen molar-refractivity contribution in [1.29, 1.82) is 0 Å². The normalized spacial score (nSPS) is 11.8. The van der Waals surface area contributed by atoms with Crippen LogP contribution in [0.25, 0.3) is 12.2 Å². The monoisotopic (exact) mass is 248 g/mol. The number of nitrogens with two attached hydrogens (primary N) is 4. The van der Waals surface area contributed by atoms with Crippen LogP contribution in [0.1, 0.15) is 11.6 Å². The number of nitrogen functional groups attached to an aromatic ring is 4. The summed E-state index contributed by atoms with van der Waals surface area (Å²) in [6.07, 6.45) is 6.61. The Hall–Kier alpha value is -3.04. The molecule has 0 unspecified atom stereocenters. The topological polar surface area (TPSA) is 166 Å². The summed E-state index contributed by atoms with van der Waals surface area (Å²) in [5.74, 6) is 12.2. The lowest BCUT2D eigenvalue weighted by Crippen LogP contribution is -2.13. The molecule has 0 fully saturated rings. The van der Waals surface area contributed by atoms with Gasteiger partial charge in [0.15, 0.2) is 11.6 Å². The van der Waals surface area contributed by atoms with Gasteiger partial charge in [-0.05, 0) is 12.2 Å². The van der Waals surface area contributed by atoms with Crippen molar-refractivity contribution in [3.63, 3.8) is 0 Å². The zero-order chi connectivity index (χ0) is 13.1. The van der Waals surface area contributed by atoms with E-state index in [0.29, 0.717) is 11.6 Å². The van der Waals surface area contributed by atoms with Crippen LogP contribution in [0.4, 0.5) is 11.9 Å². The number of aromatic nitrogens is 6. The van der Waals surface area contributed by atoms with Crippen LogP contribution in [0.2, 0.25) is 0 Å². The lowest BCUT2D eigenvalue weighted by molar-refractivity contribution is 0.989. The van der Waals surface area contributed by atoms with Gasteiger partial charge in [-0.25, -0.2) is 9.35 Å². The largest absolute Gasteiger partial charge is 0.366 e. The quantitative estimate of drug-likeness (QED) is 0.364. The molecule has 94 valence electrons. The van der Waals surface area contributed by atoms with Crippen LogP contribution in [0.3, 0.4) is 0 Å². The maximum atomic E-state index is 5.55. The Labute approximate surface area is 102 Å². The third-order valence-electron chi connectivity index (χ3n) is 2.10. The van der Waals surface area contributed by atoms with E-state index in [1.807, 2.05) is 0 Å². The van der Waals surface area contributed by atoms with Gasteiger partial charge in [-0.3, -0.25) is 0 Å². The number of allylic oxidation sites excluding steroid dienone is 2. The minimum atomic E-state index is 0.133. The standard InChI is InChI=1S/C8H12N10/c9-7-15-13-5(17(7)11)3-1-2-4-6-14-16-8(10)18(6)12/h1-4H,11-12H2,(H2,9,15)(H2,10,16)/b3-1+,4-2+. The maximum Gasteiger partial charge on any atom is 0.241 e. The Morgan fingerprint density at radius 2 is 1.11 bits per heavy atom. The zero-order valence-electron chi connectivity index (χ0n) is 9.30. The van der Waals surface area contributed by atoms with Crippen molar-refractivity contribution in [2.45, 2.75) is 0 Å². The summed E-state index contributed by atoms with van der Waals surface area (Å²) >= 11 is 0. The summed E-state index contributed by atoms with van der Waals surface area (Å²) in [6.45, 7) is 0. The van der Waals surface area contributed by atoms with Crippen molar-refractivity contribution in [1.82, 2.24) is 29.7 Å². The van der Waals surface area contributed by atoms with E-state index in [1.54, 1.807) is 24.3 Å². The molecule has 2 aromatic rings. The third kappa shape index (κ3) is 2.07. The molecule has 0 atom stereocenters. The molecule has 0 aliphatic rings. The lowest BCUT2D eigenvalue weighted by atomic mass is 10.4. The van der Waals surface area contributed by atoms with Gasteiger partial charge in [0.1, 0.15) is 0 Å². The third-order valence-corrected chi connectivity index (χ3v) is 2.10. The van der Waals surface area contributed by atoms with Gasteiger partial charge in [-0.1, -0.05) is 12.2 Å². The van der Waals surface area contributed by atoms with E-state index in [2.05, 4.69) is 20.4 Å². The molecule has 0 aliphatic heterocycles. The number of hydrogen-bond acceptors (Lipinski definition) is 8. The van der Waals surface area contributed by atoms with Gasteiger partial charge < -0.3 is 23.2 Å². The molecule has 2 aromatic heterocycles. The first-order valence-electron chi connectivity index (χ1n) is 4.86. The molecule has 18 heavy (non-hydrogen) atoms. The molecule has 2 heterocycles. The fourth-order valence-corrected chi connectivity index (χ4v) is 1.14. The second-order valence-electron chi connectivity index (χ2n) is 3.29. The Kier molecular flexibility index (Phi) is 2.83. The van der Waals surface area contributed by atoms with Crippen LogP contribution in [-0.4, -0.2) is 29.7 Å². The highest BCUT2D eigenvalue weighted by molar-refractivity contribution is 5.52. The Bertz CT molecular complexity index is 549. The van der Waals surface area contributed by atoms with Gasteiger partial charge in [-0.15, -0.1) is 20.4 Å². The van der Waals surface area contributed by atoms with Crippen molar-refractivity contribution in [2.75, 3.05) is 23.2 Å². The molecule has 0 radical (unpaired) electrons. The van der Waals surface area contributed by atoms with Gasteiger partial charge in [-0.2, -0.15) is 0 Å². The van der Waals surface area contributed by atoms with Crippen LogP contribution >= 0.6 is 0 Å². The van der Waals surface area contributed by atoms with Crippen LogP contribution < -0.4 is 23.2 Å². The molecule has 10 nitrogen and oxygen atoms in total. The summed E-state index contributed by atoms with van der Waals surface area (Å²) in [5.41, 5.74) is 10.8. The summed E-state index contributed by atoms with van der Waals surface area (Å²) < 4.78 is 2.32. The highest BCUT2D eigenvalue weighted by Gasteiger charge is 2.02. The zero-order valence-corrected chi connectivity index (χ0v) is 9.30. The SMILES string of the molecule is Nc1nnc(/C=C/C=C/c2nnc(N)n2N)n1N. The summed E-state index contributed by atoms with van der Waals surface area (Å²) in [7, 11) is 0. The van der Waals surface area contributed by atoms with E-state index in [4.69, 9.17) is 23.2 Å². The molecular weight excluding hydrogens is 236 g/mol. The number of nitrogens with zero attached hydrogens (tertiary/aromatic N) is 6. The Balaban J connectivity index is 2.08. The van der Waals surface area contributed by atoms with Crippen molar-refractivity contribution in [3.8, 4) is 0 Å². The first kappa shape index (κ1) is 11.4. The van der Waals surface area contributed by atoms with E-state index in [9.17, 15) is 0 Å². The number of hydrogen-bond donors (Lipinski definition) is 4. The first-order valence-corrected chi connectivity index (χ1v) is 4.86. The van der Waals surface area contributed by atoms with Gasteiger partial charge in [0.2, 0.25) is 11.9 Å². The van der Waals surface area contributed by atoms with Crippen molar-refractivity contribution >= 4 is 24.0 Å².